The largest absolute Gasteiger partial charge is 0.440 e. The lowest BCUT2D eigenvalue weighted by Crippen LogP contribution is -2.41. The fraction of sp³-hybridized carbons (Fsp3) is 0.385. The Morgan fingerprint density at radius 2 is 1.91 bits per heavy atom. The van der Waals surface area contributed by atoms with Gasteiger partial charge in [0.25, 0.3) is 5.91 Å². The molecule has 1 N–H and O–H groups in total. The van der Waals surface area contributed by atoms with E-state index >= 15 is 0 Å². The van der Waals surface area contributed by atoms with E-state index in [-0.39, 0.29) is 24.0 Å². The molecule has 186 valence electrons. The first kappa shape index (κ1) is 24.8. The van der Waals surface area contributed by atoms with Gasteiger partial charge in [0.1, 0.15) is 17.2 Å². The van der Waals surface area contributed by atoms with Gasteiger partial charge < -0.3 is 24.3 Å². The highest BCUT2D eigenvalue weighted by Crippen LogP contribution is 2.30. The summed E-state index contributed by atoms with van der Waals surface area (Å²) in [6.07, 6.45) is 0.0114. The molecule has 35 heavy (non-hydrogen) atoms. The number of ether oxygens (including phenoxy) is 1. The van der Waals surface area contributed by atoms with Gasteiger partial charge in [0, 0.05) is 57.5 Å². The first-order valence-electron chi connectivity index (χ1n) is 11.5. The SMILES string of the molecule is C[C@@H]1CN(c2cc(=O)c3c([C@@H](C)NCc4cc(F)cc(F)c4)c(C(=O)N(C)C)ccc3o2)CCO1. The molecule has 1 fully saturated rings. The van der Waals surface area contributed by atoms with Crippen LogP contribution in [0, 0.1) is 11.6 Å². The maximum atomic E-state index is 13.6. The zero-order valence-electron chi connectivity index (χ0n) is 20.2. The highest BCUT2D eigenvalue weighted by molar-refractivity contribution is 6.00. The molecule has 9 heteroatoms. The van der Waals surface area contributed by atoms with E-state index in [0.29, 0.717) is 53.2 Å². The average Bonchev–Trinajstić information content (AvgIpc) is 2.80. The third-order valence-electron chi connectivity index (χ3n) is 6.08. The van der Waals surface area contributed by atoms with Gasteiger partial charge in [-0.05, 0) is 49.2 Å². The number of nitrogens with zero attached hydrogens (tertiary/aromatic N) is 2. The molecule has 2 heterocycles. The number of rotatable bonds is 6. The molecule has 1 aliphatic rings. The second kappa shape index (κ2) is 10.1. The van der Waals surface area contributed by atoms with Crippen LogP contribution in [-0.2, 0) is 11.3 Å². The minimum Gasteiger partial charge on any atom is -0.440 e. The minimum atomic E-state index is -0.673. The van der Waals surface area contributed by atoms with E-state index in [4.69, 9.17) is 9.15 Å². The predicted octanol–water partition coefficient (Wildman–Crippen LogP) is 3.85. The van der Waals surface area contributed by atoms with Crippen LogP contribution in [0.5, 0.6) is 0 Å². The molecule has 1 aromatic heterocycles. The number of hydrogen-bond acceptors (Lipinski definition) is 6. The van der Waals surface area contributed by atoms with Crippen LogP contribution in [-0.4, -0.2) is 50.7 Å². The van der Waals surface area contributed by atoms with Gasteiger partial charge in [-0.15, -0.1) is 0 Å². The third-order valence-corrected chi connectivity index (χ3v) is 6.08. The maximum absolute atomic E-state index is 13.6. The molecule has 4 rings (SSSR count). The lowest BCUT2D eigenvalue weighted by Gasteiger charge is -2.31. The predicted molar refractivity (Wildman–Crippen MR) is 130 cm³/mol. The summed E-state index contributed by atoms with van der Waals surface area (Å²) in [5.41, 5.74) is 1.34. The van der Waals surface area contributed by atoms with Crippen LogP contribution in [0.3, 0.4) is 0 Å². The molecule has 1 amide bonds. The summed E-state index contributed by atoms with van der Waals surface area (Å²) < 4.78 is 39.0. The summed E-state index contributed by atoms with van der Waals surface area (Å²) in [4.78, 5) is 29.8. The van der Waals surface area contributed by atoms with Gasteiger partial charge in [0.05, 0.1) is 18.1 Å². The van der Waals surface area contributed by atoms with E-state index < -0.39 is 17.7 Å². The Bertz CT molecular complexity index is 1290. The van der Waals surface area contributed by atoms with Crippen LogP contribution in [0.25, 0.3) is 11.0 Å². The van der Waals surface area contributed by atoms with Crippen molar-refractivity contribution in [1.29, 1.82) is 0 Å². The molecule has 3 aromatic rings. The summed E-state index contributed by atoms with van der Waals surface area (Å²) >= 11 is 0. The Labute approximate surface area is 202 Å². The van der Waals surface area contributed by atoms with E-state index in [2.05, 4.69) is 5.32 Å². The molecule has 0 radical (unpaired) electrons. The first-order chi connectivity index (χ1) is 16.6. The van der Waals surface area contributed by atoms with Crippen molar-refractivity contribution in [3.8, 4) is 0 Å². The quantitative estimate of drug-likeness (QED) is 0.572. The Hall–Kier alpha value is -3.30. The Morgan fingerprint density at radius 1 is 1.20 bits per heavy atom. The zero-order chi connectivity index (χ0) is 25.3. The number of hydrogen-bond donors (Lipinski definition) is 1. The standard InChI is InChI=1S/C26H29F2N3O4/c1-15-14-31(7-8-34-15)23-12-21(32)25-22(35-23)6-5-20(26(33)30(3)4)24(25)16(2)29-13-17-9-18(27)11-19(28)10-17/h5-6,9-12,15-16,29H,7-8,13-14H2,1-4H3/t15-,16-/m1/s1. The number of benzene rings is 2. The highest BCUT2D eigenvalue weighted by Gasteiger charge is 2.25. The van der Waals surface area contributed by atoms with Gasteiger partial charge in [-0.1, -0.05) is 0 Å². The highest BCUT2D eigenvalue weighted by atomic mass is 19.1. The second-order valence-electron chi connectivity index (χ2n) is 9.06. The van der Waals surface area contributed by atoms with E-state index in [0.717, 1.165) is 6.07 Å². The van der Waals surface area contributed by atoms with Gasteiger partial charge >= 0.3 is 0 Å². The number of carbonyl (C=O) groups is 1. The Kier molecular flexibility index (Phi) is 7.18. The summed E-state index contributed by atoms with van der Waals surface area (Å²) in [7, 11) is 3.27. The first-order valence-corrected chi connectivity index (χ1v) is 11.5. The molecule has 0 aliphatic carbocycles. The van der Waals surface area contributed by atoms with Crippen molar-refractivity contribution in [1.82, 2.24) is 10.2 Å². The summed E-state index contributed by atoms with van der Waals surface area (Å²) in [5, 5.41) is 3.49. The summed E-state index contributed by atoms with van der Waals surface area (Å²) in [6, 6.07) is 7.52. The second-order valence-corrected chi connectivity index (χ2v) is 9.06. The molecule has 2 aromatic carbocycles. The fourth-order valence-electron chi connectivity index (χ4n) is 4.40. The fourth-order valence-corrected chi connectivity index (χ4v) is 4.40. The molecule has 0 bridgehead atoms. The van der Waals surface area contributed by atoms with Crippen LogP contribution in [0.15, 0.2) is 45.6 Å². The summed E-state index contributed by atoms with van der Waals surface area (Å²) in [5.74, 6) is -1.16. The molecule has 0 unspecified atom stereocenters. The monoisotopic (exact) mass is 485 g/mol. The Morgan fingerprint density at radius 3 is 2.57 bits per heavy atom. The minimum absolute atomic E-state index is 0.0114. The molecular formula is C26H29F2N3O4. The van der Waals surface area contributed by atoms with Crippen LogP contribution < -0.4 is 15.6 Å². The van der Waals surface area contributed by atoms with Crippen LogP contribution in [0.1, 0.15) is 41.4 Å². The molecule has 1 aliphatic heterocycles. The smallest absolute Gasteiger partial charge is 0.253 e. The number of halogens is 2. The molecule has 2 atom stereocenters. The van der Waals surface area contributed by atoms with Crippen molar-refractivity contribution >= 4 is 22.8 Å². The van der Waals surface area contributed by atoms with Crippen LogP contribution in [0.4, 0.5) is 14.7 Å². The van der Waals surface area contributed by atoms with Gasteiger partial charge in [0.15, 0.2) is 11.3 Å². The van der Waals surface area contributed by atoms with Crippen LogP contribution in [0.2, 0.25) is 0 Å². The van der Waals surface area contributed by atoms with Crippen molar-refractivity contribution in [3.63, 3.8) is 0 Å². The van der Waals surface area contributed by atoms with E-state index in [1.807, 2.05) is 11.8 Å². The average molecular weight is 486 g/mol. The lowest BCUT2D eigenvalue weighted by atomic mass is 9.95. The van der Waals surface area contributed by atoms with E-state index in [9.17, 15) is 18.4 Å². The third kappa shape index (κ3) is 5.36. The van der Waals surface area contributed by atoms with Gasteiger partial charge in [-0.3, -0.25) is 9.59 Å². The molecule has 0 spiro atoms. The number of morpholine rings is 1. The molecular weight excluding hydrogens is 456 g/mol. The number of nitrogens with one attached hydrogen (secondary N) is 1. The summed E-state index contributed by atoms with van der Waals surface area (Å²) in [6.45, 7) is 5.63. The number of anilines is 1. The number of carbonyl (C=O) groups excluding carboxylic acids is 1. The normalized spacial score (nSPS) is 17.0. The van der Waals surface area contributed by atoms with Crippen molar-refractivity contribution < 1.29 is 22.7 Å². The Balaban J connectivity index is 1.76. The van der Waals surface area contributed by atoms with Gasteiger partial charge in [0.2, 0.25) is 0 Å². The topological polar surface area (TPSA) is 75.0 Å². The van der Waals surface area contributed by atoms with Crippen molar-refractivity contribution in [2.24, 2.45) is 0 Å². The van der Waals surface area contributed by atoms with Crippen molar-refractivity contribution in [3.05, 3.63) is 74.9 Å². The van der Waals surface area contributed by atoms with Gasteiger partial charge in [-0.2, -0.15) is 0 Å². The lowest BCUT2D eigenvalue weighted by molar-refractivity contribution is 0.0517. The van der Waals surface area contributed by atoms with E-state index in [1.54, 1.807) is 33.2 Å². The van der Waals surface area contributed by atoms with Gasteiger partial charge in [-0.25, -0.2) is 8.78 Å². The number of fused-ring (bicyclic) bond motifs is 1. The van der Waals surface area contributed by atoms with Crippen molar-refractivity contribution in [2.45, 2.75) is 32.5 Å². The molecule has 1 saturated heterocycles. The van der Waals surface area contributed by atoms with E-state index in [1.165, 1.54) is 23.1 Å². The van der Waals surface area contributed by atoms with Crippen LogP contribution >= 0.6 is 0 Å². The molecule has 0 saturated carbocycles. The van der Waals surface area contributed by atoms with Crippen molar-refractivity contribution in [2.75, 3.05) is 38.7 Å². The maximum Gasteiger partial charge on any atom is 0.253 e. The zero-order valence-corrected chi connectivity index (χ0v) is 20.2. The number of amides is 1. The molecule has 7 nitrogen and oxygen atoms in total.